The van der Waals surface area contributed by atoms with Crippen LogP contribution in [0.2, 0.25) is 0 Å². The van der Waals surface area contributed by atoms with Crippen molar-refractivity contribution in [3.05, 3.63) is 283 Å². The summed E-state index contributed by atoms with van der Waals surface area (Å²) in [4.78, 5) is 2.35. The van der Waals surface area contributed by atoms with Gasteiger partial charge in [0.25, 0.3) is 0 Å². The average molecular weight is 894 g/mol. The van der Waals surface area contributed by atoms with Crippen LogP contribution in [0.1, 0.15) is 22.3 Å². The lowest BCUT2D eigenvalue weighted by Gasteiger charge is -2.34. The van der Waals surface area contributed by atoms with Gasteiger partial charge in [-0.05, 0) is 122 Å². The van der Waals surface area contributed by atoms with Crippen molar-refractivity contribution in [3.63, 3.8) is 0 Å². The van der Waals surface area contributed by atoms with E-state index in [1.807, 2.05) is 24.3 Å². The standard InChI is InChI=1S/C67H43NO2/c1-3-15-48(16-4-1)67(49-17-5-2-6-18-49)60-25-10-7-21-58(60)65-53(22-14-26-61(65)67)45-31-38-51(39-32-45)68(50-36-29-44(30-37-50)47-35-42-64-59(43-47)56-20-9-11-27-62(56)69-64)52-40-33-46(34-41-52)54-23-13-24-57-55-19-8-12-28-63(55)70-66(54)57/h1-43H. The Morgan fingerprint density at radius 1 is 0.286 bits per heavy atom. The Labute approximate surface area is 405 Å². The quantitative estimate of drug-likeness (QED) is 0.152. The monoisotopic (exact) mass is 893 g/mol. The van der Waals surface area contributed by atoms with Crippen LogP contribution < -0.4 is 4.90 Å². The Balaban J connectivity index is 0.883. The van der Waals surface area contributed by atoms with Crippen LogP contribution in [-0.4, -0.2) is 0 Å². The van der Waals surface area contributed by atoms with Crippen LogP contribution in [0.25, 0.3) is 88.4 Å². The number of anilines is 3. The zero-order valence-corrected chi connectivity index (χ0v) is 38.1. The van der Waals surface area contributed by atoms with Gasteiger partial charge in [-0.2, -0.15) is 0 Å². The summed E-state index contributed by atoms with van der Waals surface area (Å²) >= 11 is 0. The molecule has 2 heterocycles. The van der Waals surface area contributed by atoms with E-state index in [4.69, 9.17) is 8.83 Å². The number of fused-ring (bicyclic) bond motifs is 9. The van der Waals surface area contributed by atoms with Crippen LogP contribution in [0.5, 0.6) is 0 Å². The Morgan fingerprint density at radius 2 is 0.743 bits per heavy atom. The molecule has 328 valence electrons. The van der Waals surface area contributed by atoms with Crippen molar-refractivity contribution in [1.82, 2.24) is 0 Å². The first-order chi connectivity index (χ1) is 34.7. The van der Waals surface area contributed by atoms with Gasteiger partial charge in [0, 0.05) is 44.2 Å². The van der Waals surface area contributed by atoms with Gasteiger partial charge >= 0.3 is 0 Å². The predicted octanol–water partition coefficient (Wildman–Crippen LogP) is 18.3. The highest BCUT2D eigenvalue weighted by Crippen LogP contribution is 2.58. The van der Waals surface area contributed by atoms with Crippen LogP contribution in [0.4, 0.5) is 17.1 Å². The van der Waals surface area contributed by atoms with E-state index in [1.54, 1.807) is 0 Å². The Hall–Kier alpha value is -9.18. The van der Waals surface area contributed by atoms with Crippen LogP contribution in [-0.2, 0) is 5.41 Å². The molecule has 0 saturated carbocycles. The van der Waals surface area contributed by atoms with Crippen molar-refractivity contribution in [1.29, 1.82) is 0 Å². The van der Waals surface area contributed by atoms with Gasteiger partial charge in [0.2, 0.25) is 0 Å². The van der Waals surface area contributed by atoms with Gasteiger partial charge in [0.05, 0.1) is 5.41 Å². The molecule has 0 aliphatic heterocycles. The van der Waals surface area contributed by atoms with Crippen molar-refractivity contribution in [2.75, 3.05) is 4.90 Å². The fraction of sp³-hybridized carbons (Fsp3) is 0.0149. The molecule has 0 atom stereocenters. The van der Waals surface area contributed by atoms with Gasteiger partial charge in [0.15, 0.2) is 0 Å². The molecular formula is C67H43NO2. The minimum absolute atomic E-state index is 0.465. The first-order valence-corrected chi connectivity index (χ1v) is 24.0. The molecule has 0 fully saturated rings. The lowest BCUT2D eigenvalue weighted by atomic mass is 9.67. The van der Waals surface area contributed by atoms with E-state index in [-0.39, 0.29) is 0 Å². The van der Waals surface area contributed by atoms with Crippen LogP contribution in [0, 0.1) is 0 Å². The molecule has 3 heteroatoms. The van der Waals surface area contributed by atoms with Crippen molar-refractivity contribution in [2.24, 2.45) is 0 Å². The molecule has 11 aromatic carbocycles. The second-order valence-corrected chi connectivity index (χ2v) is 18.3. The van der Waals surface area contributed by atoms with Gasteiger partial charge in [-0.15, -0.1) is 0 Å². The molecule has 2 aromatic heterocycles. The predicted molar refractivity (Wildman–Crippen MR) is 289 cm³/mol. The molecule has 0 spiro atoms. The highest BCUT2D eigenvalue weighted by molar-refractivity contribution is 6.10. The van der Waals surface area contributed by atoms with Crippen molar-refractivity contribution in [3.8, 4) is 44.5 Å². The SMILES string of the molecule is c1ccc(C2(c3ccccc3)c3ccccc3-c3c(-c4ccc(N(c5ccc(-c6ccc7oc8ccccc8c7c6)cc5)c5ccc(-c6cccc7c6oc6ccccc67)cc5)cc4)cccc32)cc1. The highest BCUT2D eigenvalue weighted by atomic mass is 16.3. The molecule has 14 rings (SSSR count). The van der Waals surface area contributed by atoms with Crippen LogP contribution >= 0.6 is 0 Å². The summed E-state index contributed by atoms with van der Waals surface area (Å²) in [7, 11) is 0. The Kier molecular flexibility index (Phi) is 9.11. The number of furan rings is 2. The largest absolute Gasteiger partial charge is 0.456 e. The number of hydrogen-bond acceptors (Lipinski definition) is 3. The molecule has 0 bridgehead atoms. The number of rotatable bonds is 8. The van der Waals surface area contributed by atoms with Crippen LogP contribution in [0.3, 0.4) is 0 Å². The number of para-hydroxylation sites is 3. The van der Waals surface area contributed by atoms with E-state index in [2.05, 4.69) is 241 Å². The first-order valence-electron chi connectivity index (χ1n) is 24.0. The van der Waals surface area contributed by atoms with E-state index in [9.17, 15) is 0 Å². The topological polar surface area (TPSA) is 29.5 Å². The summed E-state index contributed by atoms with van der Waals surface area (Å²) in [6.45, 7) is 0. The number of hydrogen-bond donors (Lipinski definition) is 0. The lowest BCUT2D eigenvalue weighted by Crippen LogP contribution is -2.28. The summed E-state index contributed by atoms with van der Waals surface area (Å²) in [6, 6.07) is 94.3. The van der Waals surface area contributed by atoms with E-state index in [1.165, 1.54) is 44.5 Å². The van der Waals surface area contributed by atoms with Crippen LogP contribution in [0.15, 0.2) is 270 Å². The molecule has 3 nitrogen and oxygen atoms in total. The Morgan fingerprint density at radius 3 is 1.41 bits per heavy atom. The summed E-state index contributed by atoms with van der Waals surface area (Å²) in [6.07, 6.45) is 0. The molecule has 0 N–H and O–H groups in total. The smallest absolute Gasteiger partial charge is 0.143 e. The Bertz CT molecular complexity index is 4050. The minimum atomic E-state index is -0.465. The van der Waals surface area contributed by atoms with Crippen molar-refractivity contribution in [2.45, 2.75) is 5.41 Å². The molecule has 0 amide bonds. The third kappa shape index (κ3) is 6.15. The fourth-order valence-corrected chi connectivity index (χ4v) is 11.4. The second-order valence-electron chi connectivity index (χ2n) is 18.3. The molecule has 0 unspecified atom stereocenters. The molecule has 1 aliphatic rings. The lowest BCUT2D eigenvalue weighted by molar-refractivity contribution is 0.669. The summed E-state index contributed by atoms with van der Waals surface area (Å²) < 4.78 is 12.6. The summed E-state index contributed by atoms with van der Waals surface area (Å²) in [5.41, 5.74) is 20.8. The summed E-state index contributed by atoms with van der Waals surface area (Å²) in [5, 5.41) is 4.50. The molecular weight excluding hydrogens is 851 g/mol. The second kappa shape index (κ2) is 16.0. The number of nitrogens with zero attached hydrogens (tertiary/aromatic N) is 1. The maximum atomic E-state index is 6.48. The van der Waals surface area contributed by atoms with Crippen molar-refractivity contribution < 1.29 is 8.83 Å². The zero-order chi connectivity index (χ0) is 46.2. The normalized spacial score (nSPS) is 12.7. The van der Waals surface area contributed by atoms with Crippen molar-refractivity contribution >= 4 is 60.9 Å². The van der Waals surface area contributed by atoms with Gasteiger partial charge in [-0.25, -0.2) is 0 Å². The molecule has 0 radical (unpaired) electrons. The average Bonchev–Trinajstić information content (AvgIpc) is 4.11. The van der Waals surface area contributed by atoms with E-state index in [0.29, 0.717) is 0 Å². The number of benzene rings is 11. The first kappa shape index (κ1) is 39.9. The van der Waals surface area contributed by atoms with E-state index < -0.39 is 5.41 Å². The molecule has 70 heavy (non-hydrogen) atoms. The third-order valence-corrected chi connectivity index (χ3v) is 14.6. The van der Waals surface area contributed by atoms with Gasteiger partial charge in [0.1, 0.15) is 22.3 Å². The van der Waals surface area contributed by atoms with E-state index >= 15 is 0 Å². The van der Waals surface area contributed by atoms with Gasteiger partial charge in [-0.3, -0.25) is 0 Å². The van der Waals surface area contributed by atoms with Gasteiger partial charge < -0.3 is 13.7 Å². The zero-order valence-electron chi connectivity index (χ0n) is 38.1. The molecule has 0 saturated heterocycles. The highest BCUT2D eigenvalue weighted by Gasteiger charge is 2.46. The maximum absolute atomic E-state index is 6.48. The van der Waals surface area contributed by atoms with Gasteiger partial charge in [-0.1, -0.05) is 200 Å². The minimum Gasteiger partial charge on any atom is -0.456 e. The summed E-state index contributed by atoms with van der Waals surface area (Å²) in [5.74, 6) is 0. The maximum Gasteiger partial charge on any atom is 0.143 e. The molecule has 13 aromatic rings. The third-order valence-electron chi connectivity index (χ3n) is 14.6. The van der Waals surface area contributed by atoms with E-state index in [0.717, 1.165) is 83.2 Å². The molecule has 1 aliphatic carbocycles. The fourth-order valence-electron chi connectivity index (χ4n) is 11.4.